The molecule has 1 rings (SSSR count). The fraction of sp³-hybridized carbons (Fsp3) is 0.214. The van der Waals surface area contributed by atoms with Crippen molar-refractivity contribution in [3.8, 4) is 0 Å². The van der Waals surface area contributed by atoms with Crippen LogP contribution in [-0.2, 0) is 20.7 Å². The van der Waals surface area contributed by atoms with Crippen molar-refractivity contribution < 1.29 is 14.3 Å². The normalized spacial score (nSPS) is 13.0. The summed E-state index contributed by atoms with van der Waals surface area (Å²) >= 11 is 0. The molecule has 0 saturated carbocycles. The molecule has 0 aromatic heterocycles. The fourth-order valence-electron chi connectivity index (χ4n) is 1.55. The standard InChI is InChI=1S/C14H18N4O3/c1-21-14(20)12(15)8-10-2-4-11(5-3-10)18-13(16)6-7-17-9-19/h2-7,9,12H,8,15H2,1H3,(H2,16,18)(H,17,19)/b7-6-. The van der Waals surface area contributed by atoms with E-state index in [4.69, 9.17) is 11.5 Å². The Balaban J connectivity index is 2.67. The second kappa shape index (κ2) is 8.49. The molecule has 112 valence electrons. The van der Waals surface area contributed by atoms with Crippen LogP contribution in [0.3, 0.4) is 0 Å². The highest BCUT2D eigenvalue weighted by Gasteiger charge is 2.13. The molecule has 1 aromatic carbocycles. The minimum atomic E-state index is -0.688. The lowest BCUT2D eigenvalue weighted by Gasteiger charge is -2.09. The Morgan fingerprint density at radius 3 is 2.67 bits per heavy atom. The number of ether oxygens (including phenoxy) is 1. The van der Waals surface area contributed by atoms with E-state index < -0.39 is 12.0 Å². The zero-order valence-electron chi connectivity index (χ0n) is 11.7. The average Bonchev–Trinajstić information content (AvgIpc) is 2.48. The van der Waals surface area contributed by atoms with Gasteiger partial charge in [0.25, 0.3) is 0 Å². The molecule has 7 heteroatoms. The van der Waals surface area contributed by atoms with Crippen LogP contribution >= 0.6 is 0 Å². The van der Waals surface area contributed by atoms with Crippen molar-refractivity contribution in [1.82, 2.24) is 5.32 Å². The minimum Gasteiger partial charge on any atom is -0.468 e. The van der Waals surface area contributed by atoms with Gasteiger partial charge in [0.1, 0.15) is 11.9 Å². The summed E-state index contributed by atoms with van der Waals surface area (Å²) in [6.07, 6.45) is 3.77. The Kier molecular flexibility index (Phi) is 6.62. The van der Waals surface area contributed by atoms with E-state index in [9.17, 15) is 9.59 Å². The molecule has 1 atom stereocenters. The molecule has 0 bridgehead atoms. The lowest BCUT2D eigenvalue weighted by molar-refractivity contribution is -0.142. The third-order valence-electron chi connectivity index (χ3n) is 2.57. The molecule has 1 unspecified atom stereocenters. The van der Waals surface area contributed by atoms with Gasteiger partial charge in [-0.3, -0.25) is 9.59 Å². The van der Waals surface area contributed by atoms with Gasteiger partial charge in [-0.2, -0.15) is 0 Å². The monoisotopic (exact) mass is 290 g/mol. The molecule has 1 amide bonds. The zero-order chi connectivity index (χ0) is 15.7. The molecule has 1 aromatic rings. The molecule has 0 heterocycles. The first-order valence-corrected chi connectivity index (χ1v) is 6.19. The van der Waals surface area contributed by atoms with E-state index in [1.807, 2.05) is 12.1 Å². The Bertz CT molecular complexity index is 538. The molecule has 0 spiro atoms. The maximum absolute atomic E-state index is 11.2. The summed E-state index contributed by atoms with van der Waals surface area (Å²) in [6, 6.07) is 6.44. The zero-order valence-corrected chi connectivity index (χ0v) is 11.7. The van der Waals surface area contributed by atoms with Crippen molar-refractivity contribution >= 4 is 23.9 Å². The number of aliphatic imine (C=N–C) groups is 1. The Morgan fingerprint density at radius 1 is 1.43 bits per heavy atom. The van der Waals surface area contributed by atoms with Crippen LogP contribution in [0.15, 0.2) is 41.5 Å². The maximum Gasteiger partial charge on any atom is 0.322 e. The second-order valence-corrected chi connectivity index (χ2v) is 4.15. The number of hydrogen-bond acceptors (Lipinski definition) is 5. The molecule has 0 aliphatic heterocycles. The van der Waals surface area contributed by atoms with E-state index in [1.165, 1.54) is 19.4 Å². The van der Waals surface area contributed by atoms with Crippen LogP contribution in [0.5, 0.6) is 0 Å². The van der Waals surface area contributed by atoms with Crippen LogP contribution in [0.2, 0.25) is 0 Å². The van der Waals surface area contributed by atoms with Crippen LogP contribution in [-0.4, -0.2) is 31.4 Å². The Morgan fingerprint density at radius 2 is 2.10 bits per heavy atom. The number of nitrogens with zero attached hydrogens (tertiary/aromatic N) is 1. The SMILES string of the molecule is COC(=O)C(N)Cc1ccc(N=C(N)/C=C\NC=O)cc1. The molecule has 0 radical (unpaired) electrons. The van der Waals surface area contributed by atoms with E-state index in [2.05, 4.69) is 15.0 Å². The van der Waals surface area contributed by atoms with E-state index in [0.717, 1.165) is 5.56 Å². The smallest absolute Gasteiger partial charge is 0.322 e. The molecule has 0 fully saturated rings. The number of methoxy groups -OCH3 is 1. The predicted octanol–water partition coefficient (Wildman–Crippen LogP) is -0.0222. The summed E-state index contributed by atoms with van der Waals surface area (Å²) < 4.78 is 4.57. The maximum atomic E-state index is 11.2. The van der Waals surface area contributed by atoms with E-state index in [1.54, 1.807) is 12.1 Å². The number of carbonyl (C=O) groups excluding carboxylic acids is 2. The summed E-state index contributed by atoms with van der Waals surface area (Å²) in [6.45, 7) is 0. The first-order valence-electron chi connectivity index (χ1n) is 6.19. The number of amides is 1. The van der Waals surface area contributed by atoms with Gasteiger partial charge in [0, 0.05) is 6.20 Å². The summed E-state index contributed by atoms with van der Waals surface area (Å²) in [5, 5.41) is 2.33. The van der Waals surface area contributed by atoms with E-state index >= 15 is 0 Å². The van der Waals surface area contributed by atoms with Crippen LogP contribution < -0.4 is 16.8 Å². The Labute approximate surface area is 122 Å². The quantitative estimate of drug-likeness (QED) is 0.282. The highest BCUT2D eigenvalue weighted by Crippen LogP contribution is 2.14. The molecule has 0 aliphatic rings. The van der Waals surface area contributed by atoms with Crippen molar-refractivity contribution in [3.05, 3.63) is 42.1 Å². The molecule has 0 saturated heterocycles. The largest absolute Gasteiger partial charge is 0.468 e. The average molecular weight is 290 g/mol. The van der Waals surface area contributed by atoms with Gasteiger partial charge >= 0.3 is 5.97 Å². The molecule has 21 heavy (non-hydrogen) atoms. The topological polar surface area (TPSA) is 120 Å². The van der Waals surface area contributed by atoms with Gasteiger partial charge in [-0.15, -0.1) is 0 Å². The lowest BCUT2D eigenvalue weighted by atomic mass is 10.1. The summed E-state index contributed by atoms with van der Waals surface area (Å²) in [5.41, 5.74) is 12.9. The van der Waals surface area contributed by atoms with E-state index in [-0.39, 0.29) is 5.84 Å². The van der Waals surface area contributed by atoms with Gasteiger partial charge < -0.3 is 21.5 Å². The first kappa shape index (κ1) is 16.4. The van der Waals surface area contributed by atoms with Crippen LogP contribution in [0, 0.1) is 0 Å². The molecule has 0 aliphatic carbocycles. The van der Waals surface area contributed by atoms with Crippen molar-refractivity contribution in [3.63, 3.8) is 0 Å². The molecular weight excluding hydrogens is 272 g/mol. The van der Waals surface area contributed by atoms with Gasteiger partial charge in [0.05, 0.1) is 12.8 Å². The van der Waals surface area contributed by atoms with Crippen LogP contribution in [0.1, 0.15) is 5.56 Å². The van der Waals surface area contributed by atoms with Crippen molar-refractivity contribution in [2.75, 3.05) is 7.11 Å². The van der Waals surface area contributed by atoms with Gasteiger partial charge in [0.15, 0.2) is 0 Å². The number of hydrogen-bond donors (Lipinski definition) is 3. The number of nitrogens with one attached hydrogen (secondary N) is 1. The highest BCUT2D eigenvalue weighted by atomic mass is 16.5. The highest BCUT2D eigenvalue weighted by molar-refractivity contribution is 5.93. The minimum absolute atomic E-state index is 0.253. The molecular formula is C14H18N4O3. The van der Waals surface area contributed by atoms with Gasteiger partial charge in [-0.25, -0.2) is 4.99 Å². The number of benzene rings is 1. The number of rotatable bonds is 7. The number of carbonyl (C=O) groups is 2. The number of nitrogens with two attached hydrogens (primary N) is 2. The Hall–Kier alpha value is -2.67. The van der Waals surface area contributed by atoms with Crippen molar-refractivity contribution in [1.29, 1.82) is 0 Å². The third kappa shape index (κ3) is 5.87. The van der Waals surface area contributed by atoms with Crippen molar-refractivity contribution in [2.24, 2.45) is 16.5 Å². The van der Waals surface area contributed by atoms with Crippen LogP contribution in [0.4, 0.5) is 5.69 Å². The third-order valence-corrected chi connectivity index (χ3v) is 2.57. The van der Waals surface area contributed by atoms with Crippen molar-refractivity contribution in [2.45, 2.75) is 12.5 Å². The molecule has 7 nitrogen and oxygen atoms in total. The number of esters is 1. The van der Waals surface area contributed by atoms with Crippen LogP contribution in [0.25, 0.3) is 0 Å². The lowest BCUT2D eigenvalue weighted by Crippen LogP contribution is -2.33. The summed E-state index contributed by atoms with van der Waals surface area (Å²) in [4.78, 5) is 25.4. The van der Waals surface area contributed by atoms with Gasteiger partial charge in [-0.1, -0.05) is 12.1 Å². The summed E-state index contributed by atoms with van der Waals surface area (Å²) in [5.74, 6) is -0.197. The predicted molar refractivity (Wildman–Crippen MR) is 79.8 cm³/mol. The number of amidine groups is 1. The van der Waals surface area contributed by atoms with Gasteiger partial charge in [0.2, 0.25) is 6.41 Å². The molecule has 5 N–H and O–H groups in total. The fourth-order valence-corrected chi connectivity index (χ4v) is 1.55. The van der Waals surface area contributed by atoms with E-state index in [0.29, 0.717) is 18.5 Å². The second-order valence-electron chi connectivity index (χ2n) is 4.15. The van der Waals surface area contributed by atoms with Gasteiger partial charge in [-0.05, 0) is 30.2 Å². The summed E-state index contributed by atoms with van der Waals surface area (Å²) in [7, 11) is 1.30. The first-order chi connectivity index (χ1) is 10.1.